The van der Waals surface area contributed by atoms with E-state index in [1.54, 1.807) is 36.4 Å². The summed E-state index contributed by atoms with van der Waals surface area (Å²) in [5.74, 6) is -0.990. The maximum Gasteiger partial charge on any atom is 0.335 e. The van der Waals surface area contributed by atoms with Gasteiger partial charge in [0.2, 0.25) is 0 Å². The third-order valence-electron chi connectivity index (χ3n) is 4.42. The molecule has 0 bridgehead atoms. The summed E-state index contributed by atoms with van der Waals surface area (Å²) in [6.45, 7) is 0. The molecule has 7 heteroatoms. The van der Waals surface area contributed by atoms with Gasteiger partial charge in [0.05, 0.1) is 16.8 Å². The molecule has 0 fully saturated rings. The molecule has 0 amide bonds. The van der Waals surface area contributed by atoms with Crippen molar-refractivity contribution in [1.29, 1.82) is 5.26 Å². The van der Waals surface area contributed by atoms with Crippen molar-refractivity contribution >= 4 is 21.7 Å². The molecular formula is C22H18N2O4S. The second kappa shape index (κ2) is 8.59. The van der Waals surface area contributed by atoms with Crippen LogP contribution >= 0.6 is 0 Å². The lowest BCUT2D eigenvalue weighted by Gasteiger charge is -2.13. The molecule has 0 aliphatic rings. The Kier molecular flexibility index (Phi) is 5.96. The molecule has 3 aromatic carbocycles. The minimum atomic E-state index is -3.93. The smallest absolute Gasteiger partial charge is 0.335 e. The van der Waals surface area contributed by atoms with Crippen LogP contribution in [0.25, 0.3) is 0 Å². The van der Waals surface area contributed by atoms with Gasteiger partial charge in [0, 0.05) is 0 Å². The lowest BCUT2D eigenvalue weighted by Crippen LogP contribution is -2.15. The molecule has 0 unspecified atom stereocenters. The van der Waals surface area contributed by atoms with Crippen LogP contribution in [-0.2, 0) is 22.9 Å². The van der Waals surface area contributed by atoms with Crippen molar-refractivity contribution in [2.75, 3.05) is 4.72 Å². The van der Waals surface area contributed by atoms with Gasteiger partial charge in [0.25, 0.3) is 10.0 Å². The van der Waals surface area contributed by atoms with Gasteiger partial charge in [-0.3, -0.25) is 4.72 Å². The second-order valence-electron chi connectivity index (χ2n) is 6.38. The molecular weight excluding hydrogens is 388 g/mol. The number of rotatable bonds is 7. The van der Waals surface area contributed by atoms with Crippen LogP contribution in [0.4, 0.5) is 5.69 Å². The fourth-order valence-electron chi connectivity index (χ4n) is 2.97. The molecule has 146 valence electrons. The number of carbonyl (C=O) groups is 1. The number of anilines is 1. The number of sulfonamides is 1. The van der Waals surface area contributed by atoms with Crippen LogP contribution in [0.5, 0.6) is 0 Å². The predicted octanol–water partition coefficient (Wildman–Crippen LogP) is 3.84. The van der Waals surface area contributed by atoms with Crippen LogP contribution in [0.15, 0.2) is 77.7 Å². The van der Waals surface area contributed by atoms with Crippen molar-refractivity contribution in [1.82, 2.24) is 0 Å². The highest BCUT2D eigenvalue weighted by atomic mass is 32.2. The first-order valence-electron chi connectivity index (χ1n) is 8.83. The van der Waals surface area contributed by atoms with Crippen molar-refractivity contribution in [3.63, 3.8) is 0 Å². The highest BCUT2D eigenvalue weighted by Crippen LogP contribution is 2.23. The molecule has 0 saturated carbocycles. The fourth-order valence-corrected chi connectivity index (χ4v) is 4.23. The van der Waals surface area contributed by atoms with Crippen molar-refractivity contribution in [2.45, 2.75) is 17.7 Å². The SMILES string of the molecule is N#Cc1ccccc1S(=O)(=O)Nc1ccccc1CCc1cccc(C(=O)O)c1. The second-order valence-corrected chi connectivity index (χ2v) is 8.03. The van der Waals surface area contributed by atoms with E-state index in [4.69, 9.17) is 5.11 Å². The third-order valence-corrected chi connectivity index (χ3v) is 5.84. The number of nitrogens with one attached hydrogen (secondary N) is 1. The standard InChI is InChI=1S/C22H18N2O4S/c23-15-19-8-2-4-11-21(19)29(27,28)24-20-10-3-1-7-17(20)13-12-16-6-5-9-18(14-16)22(25)26/h1-11,14,24H,12-13H2,(H,25,26). The van der Waals surface area contributed by atoms with Crippen molar-refractivity contribution in [2.24, 2.45) is 0 Å². The van der Waals surface area contributed by atoms with Gasteiger partial charge in [-0.15, -0.1) is 0 Å². The Morgan fingerprint density at radius 3 is 2.45 bits per heavy atom. The molecule has 3 rings (SSSR count). The average molecular weight is 406 g/mol. The molecule has 3 aromatic rings. The normalized spacial score (nSPS) is 10.9. The zero-order chi connectivity index (χ0) is 20.9. The lowest BCUT2D eigenvalue weighted by atomic mass is 10.0. The van der Waals surface area contributed by atoms with E-state index in [0.717, 1.165) is 11.1 Å². The van der Waals surface area contributed by atoms with Crippen molar-refractivity contribution in [3.05, 3.63) is 95.1 Å². The zero-order valence-corrected chi connectivity index (χ0v) is 16.2. The van der Waals surface area contributed by atoms with E-state index in [9.17, 15) is 18.5 Å². The van der Waals surface area contributed by atoms with E-state index in [1.165, 1.54) is 18.2 Å². The molecule has 0 saturated heterocycles. The van der Waals surface area contributed by atoms with E-state index >= 15 is 0 Å². The predicted molar refractivity (Wildman–Crippen MR) is 109 cm³/mol. The first-order chi connectivity index (χ1) is 13.9. The third kappa shape index (κ3) is 4.81. The Balaban J connectivity index is 1.83. The van der Waals surface area contributed by atoms with Gasteiger partial charge in [0.1, 0.15) is 11.0 Å². The highest BCUT2D eigenvalue weighted by Gasteiger charge is 2.19. The monoisotopic (exact) mass is 406 g/mol. The van der Waals surface area contributed by atoms with Crippen molar-refractivity contribution < 1.29 is 18.3 Å². The van der Waals surface area contributed by atoms with Gasteiger partial charge in [-0.2, -0.15) is 5.26 Å². The number of carboxylic acid groups (broad SMARTS) is 1. The largest absolute Gasteiger partial charge is 0.478 e. The van der Waals surface area contributed by atoms with Crippen LogP contribution in [0.3, 0.4) is 0 Å². The Morgan fingerprint density at radius 2 is 1.69 bits per heavy atom. The molecule has 0 atom stereocenters. The Bertz CT molecular complexity index is 1200. The molecule has 29 heavy (non-hydrogen) atoms. The van der Waals surface area contributed by atoms with Crippen LogP contribution in [0, 0.1) is 11.3 Å². The molecule has 0 heterocycles. The summed E-state index contributed by atoms with van der Waals surface area (Å²) in [4.78, 5) is 11.0. The van der Waals surface area contributed by atoms with Crippen LogP contribution in [-0.4, -0.2) is 19.5 Å². The van der Waals surface area contributed by atoms with Gasteiger partial charge in [0.15, 0.2) is 0 Å². The number of carboxylic acids is 1. The summed E-state index contributed by atoms with van der Waals surface area (Å²) in [5, 5.41) is 18.3. The summed E-state index contributed by atoms with van der Waals surface area (Å²) >= 11 is 0. The Morgan fingerprint density at radius 1 is 0.966 bits per heavy atom. The quantitative estimate of drug-likeness (QED) is 0.620. The molecule has 2 N–H and O–H groups in total. The summed E-state index contributed by atoms with van der Waals surface area (Å²) < 4.78 is 28.2. The summed E-state index contributed by atoms with van der Waals surface area (Å²) in [6.07, 6.45) is 1.07. The van der Waals surface area contributed by atoms with E-state index in [1.807, 2.05) is 24.3 Å². The maximum atomic E-state index is 12.8. The topological polar surface area (TPSA) is 107 Å². The minimum absolute atomic E-state index is 0.0722. The van der Waals surface area contributed by atoms with Gasteiger partial charge >= 0.3 is 5.97 Å². The highest BCUT2D eigenvalue weighted by molar-refractivity contribution is 7.92. The molecule has 0 radical (unpaired) electrons. The van der Waals surface area contributed by atoms with Gasteiger partial charge in [-0.05, 0) is 54.3 Å². The Labute approximate surface area is 169 Å². The minimum Gasteiger partial charge on any atom is -0.478 e. The maximum absolute atomic E-state index is 12.8. The van der Waals surface area contributed by atoms with Gasteiger partial charge in [-0.1, -0.05) is 42.5 Å². The molecule has 0 aliphatic carbocycles. The van der Waals surface area contributed by atoms with Crippen LogP contribution < -0.4 is 4.72 Å². The molecule has 6 nitrogen and oxygen atoms in total. The number of aromatic carboxylic acids is 1. The zero-order valence-electron chi connectivity index (χ0n) is 15.4. The number of aryl methyl sites for hydroxylation is 2. The number of nitriles is 1. The van der Waals surface area contributed by atoms with E-state index in [2.05, 4.69) is 4.72 Å². The van der Waals surface area contributed by atoms with Gasteiger partial charge in [-0.25, -0.2) is 13.2 Å². The molecule has 0 aromatic heterocycles. The number of benzene rings is 3. The van der Waals surface area contributed by atoms with Crippen molar-refractivity contribution in [3.8, 4) is 6.07 Å². The fraction of sp³-hybridized carbons (Fsp3) is 0.0909. The first-order valence-corrected chi connectivity index (χ1v) is 10.3. The average Bonchev–Trinajstić information content (AvgIpc) is 2.73. The summed E-state index contributed by atoms with van der Waals surface area (Å²) in [7, 11) is -3.93. The molecule has 0 aliphatic heterocycles. The first kappa shape index (κ1) is 20.1. The number of hydrogen-bond acceptors (Lipinski definition) is 4. The summed E-state index contributed by atoms with van der Waals surface area (Å²) in [5.41, 5.74) is 2.32. The summed E-state index contributed by atoms with van der Waals surface area (Å²) in [6, 6.07) is 21.6. The van der Waals surface area contributed by atoms with E-state index in [0.29, 0.717) is 18.5 Å². The van der Waals surface area contributed by atoms with Crippen LogP contribution in [0.2, 0.25) is 0 Å². The molecule has 0 spiro atoms. The van der Waals surface area contributed by atoms with Gasteiger partial charge < -0.3 is 5.11 Å². The van der Waals surface area contributed by atoms with Crippen LogP contribution in [0.1, 0.15) is 27.0 Å². The Hall–Kier alpha value is -3.63. The number of nitrogens with zero attached hydrogens (tertiary/aromatic N) is 1. The number of hydrogen-bond donors (Lipinski definition) is 2. The van der Waals surface area contributed by atoms with E-state index in [-0.39, 0.29) is 16.0 Å². The number of para-hydroxylation sites is 1. The lowest BCUT2D eigenvalue weighted by molar-refractivity contribution is 0.0696. The van der Waals surface area contributed by atoms with E-state index < -0.39 is 16.0 Å².